The molecule has 1 atom stereocenters. The summed E-state index contributed by atoms with van der Waals surface area (Å²) in [5.74, 6) is -0.719. The SMILES string of the molecule is CCC(CC(=O)O)N(CC)Cc1ccccc1. The van der Waals surface area contributed by atoms with Gasteiger partial charge < -0.3 is 5.11 Å². The highest BCUT2D eigenvalue weighted by atomic mass is 16.4. The Morgan fingerprint density at radius 1 is 1.29 bits per heavy atom. The third-order valence-electron chi connectivity index (χ3n) is 3.03. The lowest BCUT2D eigenvalue weighted by Gasteiger charge is -2.29. The van der Waals surface area contributed by atoms with Crippen LogP contribution < -0.4 is 0 Å². The van der Waals surface area contributed by atoms with Gasteiger partial charge in [0.1, 0.15) is 0 Å². The van der Waals surface area contributed by atoms with Gasteiger partial charge in [-0.15, -0.1) is 0 Å². The number of carboxylic acids is 1. The minimum atomic E-state index is -0.719. The van der Waals surface area contributed by atoms with Crippen LogP contribution in [0, 0.1) is 0 Å². The van der Waals surface area contributed by atoms with Crippen LogP contribution in [0.1, 0.15) is 32.3 Å². The molecule has 0 radical (unpaired) electrons. The molecular weight excluding hydrogens is 214 g/mol. The van der Waals surface area contributed by atoms with Gasteiger partial charge in [0.05, 0.1) is 6.42 Å². The van der Waals surface area contributed by atoms with Gasteiger partial charge in [-0.2, -0.15) is 0 Å². The van der Waals surface area contributed by atoms with E-state index in [0.29, 0.717) is 0 Å². The minimum absolute atomic E-state index is 0.123. The van der Waals surface area contributed by atoms with Crippen LogP contribution in [0.4, 0.5) is 0 Å². The van der Waals surface area contributed by atoms with E-state index in [1.807, 2.05) is 25.1 Å². The summed E-state index contributed by atoms with van der Waals surface area (Å²) >= 11 is 0. The summed E-state index contributed by atoms with van der Waals surface area (Å²) in [6.45, 7) is 5.82. The van der Waals surface area contributed by atoms with E-state index in [9.17, 15) is 4.79 Å². The maximum Gasteiger partial charge on any atom is 0.304 e. The Morgan fingerprint density at radius 3 is 2.41 bits per heavy atom. The molecule has 1 aromatic carbocycles. The second-order valence-electron chi connectivity index (χ2n) is 4.21. The third-order valence-corrected chi connectivity index (χ3v) is 3.03. The molecule has 0 aliphatic heterocycles. The molecule has 1 unspecified atom stereocenters. The summed E-state index contributed by atoms with van der Waals surface area (Å²) in [5.41, 5.74) is 1.23. The number of carbonyl (C=O) groups is 1. The smallest absolute Gasteiger partial charge is 0.304 e. The molecule has 0 spiro atoms. The number of hydrogen-bond donors (Lipinski definition) is 1. The largest absolute Gasteiger partial charge is 0.481 e. The molecule has 1 N–H and O–H groups in total. The molecule has 0 aromatic heterocycles. The number of benzene rings is 1. The molecule has 0 bridgehead atoms. The first-order valence-corrected chi connectivity index (χ1v) is 6.17. The van der Waals surface area contributed by atoms with Crippen molar-refractivity contribution in [1.29, 1.82) is 0 Å². The topological polar surface area (TPSA) is 40.5 Å². The first kappa shape index (κ1) is 13.7. The molecule has 94 valence electrons. The van der Waals surface area contributed by atoms with Gasteiger partial charge in [0.25, 0.3) is 0 Å². The van der Waals surface area contributed by atoms with Crippen molar-refractivity contribution in [2.45, 2.75) is 39.3 Å². The van der Waals surface area contributed by atoms with Gasteiger partial charge in [-0.05, 0) is 18.5 Å². The van der Waals surface area contributed by atoms with Gasteiger partial charge in [0.2, 0.25) is 0 Å². The molecule has 0 aliphatic rings. The van der Waals surface area contributed by atoms with Crippen LogP contribution in [-0.4, -0.2) is 28.6 Å². The van der Waals surface area contributed by atoms with Crippen LogP contribution in [0.25, 0.3) is 0 Å². The first-order valence-electron chi connectivity index (χ1n) is 6.17. The summed E-state index contributed by atoms with van der Waals surface area (Å²) in [5, 5.41) is 8.90. The second kappa shape index (κ2) is 7.07. The summed E-state index contributed by atoms with van der Waals surface area (Å²) < 4.78 is 0. The van der Waals surface area contributed by atoms with Crippen molar-refractivity contribution in [3.05, 3.63) is 35.9 Å². The lowest BCUT2D eigenvalue weighted by Crippen LogP contribution is -2.35. The number of nitrogens with zero attached hydrogens (tertiary/aromatic N) is 1. The maximum absolute atomic E-state index is 10.8. The second-order valence-corrected chi connectivity index (χ2v) is 4.21. The highest BCUT2D eigenvalue weighted by molar-refractivity contribution is 5.67. The fraction of sp³-hybridized carbons (Fsp3) is 0.500. The van der Waals surface area contributed by atoms with Crippen LogP contribution >= 0.6 is 0 Å². The molecule has 3 nitrogen and oxygen atoms in total. The van der Waals surface area contributed by atoms with E-state index in [0.717, 1.165) is 19.5 Å². The zero-order chi connectivity index (χ0) is 12.7. The molecule has 0 fully saturated rings. The van der Waals surface area contributed by atoms with Crippen molar-refractivity contribution in [3.8, 4) is 0 Å². The Hall–Kier alpha value is -1.35. The monoisotopic (exact) mass is 235 g/mol. The van der Waals surface area contributed by atoms with E-state index < -0.39 is 5.97 Å². The summed E-state index contributed by atoms with van der Waals surface area (Å²) in [6, 6.07) is 10.3. The lowest BCUT2D eigenvalue weighted by atomic mass is 10.1. The predicted octanol–water partition coefficient (Wildman–Crippen LogP) is 2.76. The molecule has 3 heteroatoms. The van der Waals surface area contributed by atoms with Crippen molar-refractivity contribution < 1.29 is 9.90 Å². The molecular formula is C14H21NO2. The van der Waals surface area contributed by atoms with E-state index in [-0.39, 0.29) is 12.5 Å². The van der Waals surface area contributed by atoms with Crippen molar-refractivity contribution in [2.24, 2.45) is 0 Å². The van der Waals surface area contributed by atoms with Gasteiger partial charge in [0, 0.05) is 12.6 Å². The van der Waals surface area contributed by atoms with E-state index in [4.69, 9.17) is 5.11 Å². The summed E-state index contributed by atoms with van der Waals surface area (Å²) in [6.07, 6.45) is 1.09. The Labute approximate surface area is 103 Å². The zero-order valence-corrected chi connectivity index (χ0v) is 10.6. The van der Waals surface area contributed by atoms with Gasteiger partial charge in [0.15, 0.2) is 0 Å². The maximum atomic E-state index is 10.8. The van der Waals surface area contributed by atoms with E-state index in [1.54, 1.807) is 0 Å². The molecule has 0 amide bonds. The van der Waals surface area contributed by atoms with E-state index in [2.05, 4.69) is 24.0 Å². The fourth-order valence-electron chi connectivity index (χ4n) is 2.05. The Morgan fingerprint density at radius 2 is 1.94 bits per heavy atom. The highest BCUT2D eigenvalue weighted by Gasteiger charge is 2.18. The van der Waals surface area contributed by atoms with E-state index >= 15 is 0 Å². The summed E-state index contributed by atoms with van der Waals surface area (Å²) in [4.78, 5) is 13.0. The molecule has 1 rings (SSSR count). The Kier molecular flexibility index (Phi) is 5.70. The normalized spacial score (nSPS) is 12.6. The van der Waals surface area contributed by atoms with Crippen molar-refractivity contribution in [1.82, 2.24) is 4.90 Å². The van der Waals surface area contributed by atoms with Gasteiger partial charge in [-0.3, -0.25) is 9.69 Å². The van der Waals surface area contributed by atoms with Gasteiger partial charge >= 0.3 is 5.97 Å². The first-order chi connectivity index (χ1) is 8.17. The number of carboxylic acid groups (broad SMARTS) is 1. The van der Waals surface area contributed by atoms with Crippen molar-refractivity contribution in [2.75, 3.05) is 6.54 Å². The van der Waals surface area contributed by atoms with Crippen molar-refractivity contribution in [3.63, 3.8) is 0 Å². The molecule has 0 saturated heterocycles. The average molecular weight is 235 g/mol. The van der Waals surface area contributed by atoms with Crippen LogP contribution in [-0.2, 0) is 11.3 Å². The number of aliphatic carboxylic acids is 1. The third kappa shape index (κ3) is 4.57. The predicted molar refractivity (Wildman–Crippen MR) is 68.9 cm³/mol. The Bertz CT molecular complexity index is 337. The van der Waals surface area contributed by atoms with Crippen LogP contribution in [0.3, 0.4) is 0 Å². The van der Waals surface area contributed by atoms with Crippen LogP contribution in [0.15, 0.2) is 30.3 Å². The average Bonchev–Trinajstić information content (AvgIpc) is 2.34. The van der Waals surface area contributed by atoms with Gasteiger partial charge in [-0.25, -0.2) is 0 Å². The molecule has 0 aliphatic carbocycles. The molecule has 0 heterocycles. The zero-order valence-electron chi connectivity index (χ0n) is 10.6. The summed E-state index contributed by atoms with van der Waals surface area (Å²) in [7, 11) is 0. The highest BCUT2D eigenvalue weighted by Crippen LogP contribution is 2.13. The number of rotatable bonds is 7. The van der Waals surface area contributed by atoms with Crippen molar-refractivity contribution >= 4 is 5.97 Å². The quantitative estimate of drug-likeness (QED) is 0.790. The Balaban J connectivity index is 2.66. The molecule has 1 aromatic rings. The molecule has 0 saturated carbocycles. The number of hydrogen-bond acceptors (Lipinski definition) is 2. The fourth-order valence-corrected chi connectivity index (χ4v) is 2.05. The lowest BCUT2D eigenvalue weighted by molar-refractivity contribution is -0.138. The standard InChI is InChI=1S/C14H21NO2/c1-3-13(10-14(16)17)15(4-2)11-12-8-6-5-7-9-12/h5-9,13H,3-4,10-11H2,1-2H3,(H,16,17). The minimum Gasteiger partial charge on any atom is -0.481 e. The van der Waals surface area contributed by atoms with E-state index in [1.165, 1.54) is 5.56 Å². The van der Waals surface area contributed by atoms with Crippen LogP contribution in [0.2, 0.25) is 0 Å². The molecule has 17 heavy (non-hydrogen) atoms. The van der Waals surface area contributed by atoms with Gasteiger partial charge in [-0.1, -0.05) is 44.2 Å². The van der Waals surface area contributed by atoms with Crippen LogP contribution in [0.5, 0.6) is 0 Å².